The molecule has 0 radical (unpaired) electrons. The van der Waals surface area contributed by atoms with Crippen molar-refractivity contribution < 1.29 is 14.9 Å². The minimum Gasteiger partial charge on any atom is -0.491 e. The van der Waals surface area contributed by atoms with Crippen LogP contribution in [0.25, 0.3) is 11.2 Å². The number of imidazole rings is 1. The number of nitrogens with one attached hydrogen (secondary N) is 2. The molecule has 0 aliphatic heterocycles. The van der Waals surface area contributed by atoms with E-state index in [1.54, 1.807) is 0 Å². The number of ether oxygens (including phenoxy) is 1. The fourth-order valence-corrected chi connectivity index (χ4v) is 3.14. The number of rotatable bonds is 10. The maximum Gasteiger partial charge on any atom is 0.329 e. The topological polar surface area (TPSA) is 134 Å². The smallest absolute Gasteiger partial charge is 0.329 e. The van der Waals surface area contributed by atoms with Crippen LogP contribution in [0.5, 0.6) is 5.75 Å². The van der Waals surface area contributed by atoms with Gasteiger partial charge in [0.25, 0.3) is 5.56 Å². The second-order valence-corrected chi connectivity index (χ2v) is 7.01. The van der Waals surface area contributed by atoms with Gasteiger partial charge >= 0.3 is 5.69 Å². The van der Waals surface area contributed by atoms with Gasteiger partial charge in [-0.2, -0.15) is 4.98 Å². The van der Waals surface area contributed by atoms with E-state index in [-0.39, 0.29) is 30.9 Å². The molecule has 0 aliphatic carbocycles. The van der Waals surface area contributed by atoms with Crippen molar-refractivity contribution in [1.82, 2.24) is 19.1 Å². The minimum absolute atomic E-state index is 0.000410. The van der Waals surface area contributed by atoms with Crippen molar-refractivity contribution in [3.05, 3.63) is 50.7 Å². The number of H-pyrrole nitrogens is 1. The highest BCUT2D eigenvalue weighted by Gasteiger charge is 2.19. The summed E-state index contributed by atoms with van der Waals surface area (Å²) in [5.74, 6) is 0.989. The predicted octanol–water partition coefficient (Wildman–Crippen LogP) is 0.220. The van der Waals surface area contributed by atoms with Crippen LogP contribution in [-0.2, 0) is 20.0 Å². The first kappa shape index (κ1) is 21.6. The molecule has 3 aromatic rings. The van der Waals surface area contributed by atoms with Crippen LogP contribution in [-0.4, -0.2) is 55.2 Å². The first-order valence-electron chi connectivity index (χ1n) is 9.88. The lowest BCUT2D eigenvalue weighted by molar-refractivity contribution is 0.0938. The van der Waals surface area contributed by atoms with Crippen molar-refractivity contribution in [2.75, 3.05) is 25.1 Å². The fourth-order valence-electron chi connectivity index (χ4n) is 3.14. The third kappa shape index (κ3) is 4.71. The molecule has 0 fully saturated rings. The highest BCUT2D eigenvalue weighted by Crippen LogP contribution is 2.17. The summed E-state index contributed by atoms with van der Waals surface area (Å²) >= 11 is 0. The van der Waals surface area contributed by atoms with E-state index in [1.165, 1.54) is 16.2 Å². The molecule has 1 atom stereocenters. The highest BCUT2D eigenvalue weighted by atomic mass is 16.5. The number of aromatic amines is 1. The molecule has 3 rings (SSSR count). The molecule has 0 saturated carbocycles. The number of fused-ring (bicyclic) bond motifs is 1. The van der Waals surface area contributed by atoms with E-state index >= 15 is 0 Å². The Kier molecular flexibility index (Phi) is 6.91. The Morgan fingerprint density at radius 1 is 1.33 bits per heavy atom. The molecular formula is C20H27N5O5. The molecule has 0 spiro atoms. The predicted molar refractivity (Wildman–Crippen MR) is 113 cm³/mol. The number of aliphatic hydroxyl groups is 2. The third-order valence-electron chi connectivity index (χ3n) is 4.77. The molecule has 4 N–H and O–H groups in total. The summed E-state index contributed by atoms with van der Waals surface area (Å²) in [6, 6.07) is 7.64. The number of aromatic nitrogens is 4. The van der Waals surface area contributed by atoms with E-state index in [0.717, 1.165) is 12.0 Å². The largest absolute Gasteiger partial charge is 0.491 e. The Hall–Kier alpha value is -3.11. The molecule has 1 aromatic carbocycles. The SMILES string of the molecule is CCc1cccc(OCC(O)Cn2c(NCCCO)nc3c2c(=O)[nH]c(=O)n3C)c1. The summed E-state index contributed by atoms with van der Waals surface area (Å²) in [6.45, 7) is 2.52. The quantitative estimate of drug-likeness (QED) is 0.347. The molecule has 1 unspecified atom stereocenters. The van der Waals surface area contributed by atoms with Gasteiger partial charge in [0.15, 0.2) is 11.2 Å². The second kappa shape index (κ2) is 9.59. The van der Waals surface area contributed by atoms with Crippen LogP contribution < -0.4 is 21.3 Å². The number of hydrogen-bond acceptors (Lipinski definition) is 7. The number of nitrogens with zero attached hydrogens (tertiary/aromatic N) is 3. The Morgan fingerprint density at radius 3 is 2.87 bits per heavy atom. The lowest BCUT2D eigenvalue weighted by Gasteiger charge is -2.16. The zero-order valence-electron chi connectivity index (χ0n) is 17.1. The first-order chi connectivity index (χ1) is 14.4. The fraction of sp³-hybridized carbons (Fsp3) is 0.450. The lowest BCUT2D eigenvalue weighted by atomic mass is 10.2. The summed E-state index contributed by atoms with van der Waals surface area (Å²) < 4.78 is 8.47. The van der Waals surface area contributed by atoms with Gasteiger partial charge in [-0.3, -0.25) is 14.3 Å². The van der Waals surface area contributed by atoms with Gasteiger partial charge in [-0.05, 0) is 30.5 Å². The van der Waals surface area contributed by atoms with Crippen LogP contribution >= 0.6 is 0 Å². The standard InChI is InChI=1S/C20H27N5O5/c1-3-13-6-4-7-15(10-13)30-12-14(27)11-25-16-17(22-19(25)21-8-5-9-26)24(2)20(29)23-18(16)28/h4,6-7,10,14,26-27H,3,5,8-9,11-12H2,1-2H3,(H,21,22)(H,23,28,29). The van der Waals surface area contributed by atoms with Crippen molar-refractivity contribution >= 4 is 17.1 Å². The van der Waals surface area contributed by atoms with Crippen LogP contribution in [0, 0.1) is 0 Å². The Bertz CT molecular complexity index is 1120. The summed E-state index contributed by atoms with van der Waals surface area (Å²) in [5.41, 5.74) is 0.360. The molecule has 0 saturated heterocycles. The van der Waals surface area contributed by atoms with E-state index in [2.05, 4.69) is 15.3 Å². The molecule has 0 aliphatic rings. The molecule has 2 aromatic heterocycles. The minimum atomic E-state index is -0.928. The summed E-state index contributed by atoms with van der Waals surface area (Å²) in [6.07, 6.45) is 0.436. The van der Waals surface area contributed by atoms with Crippen LogP contribution in [0.3, 0.4) is 0 Å². The van der Waals surface area contributed by atoms with Crippen LogP contribution in [0.2, 0.25) is 0 Å². The molecular weight excluding hydrogens is 390 g/mol. The van der Waals surface area contributed by atoms with Crippen LogP contribution in [0.4, 0.5) is 5.95 Å². The molecule has 10 heteroatoms. The Balaban J connectivity index is 1.85. The van der Waals surface area contributed by atoms with Crippen molar-refractivity contribution in [2.24, 2.45) is 7.05 Å². The molecule has 0 bridgehead atoms. The van der Waals surface area contributed by atoms with Gasteiger partial charge in [0.2, 0.25) is 5.95 Å². The summed E-state index contributed by atoms with van der Waals surface area (Å²) in [4.78, 5) is 31.0. The average Bonchev–Trinajstić information content (AvgIpc) is 3.09. The van der Waals surface area contributed by atoms with Gasteiger partial charge in [-0.25, -0.2) is 4.79 Å². The lowest BCUT2D eigenvalue weighted by Crippen LogP contribution is -2.31. The molecule has 162 valence electrons. The van der Waals surface area contributed by atoms with E-state index in [4.69, 9.17) is 9.84 Å². The van der Waals surface area contributed by atoms with Crippen molar-refractivity contribution in [3.8, 4) is 5.75 Å². The zero-order valence-corrected chi connectivity index (χ0v) is 17.1. The van der Waals surface area contributed by atoms with Gasteiger partial charge < -0.3 is 24.8 Å². The van der Waals surface area contributed by atoms with E-state index in [9.17, 15) is 14.7 Å². The number of hydrogen-bond donors (Lipinski definition) is 4. The molecule has 0 amide bonds. The zero-order chi connectivity index (χ0) is 21.7. The van der Waals surface area contributed by atoms with E-state index < -0.39 is 17.4 Å². The summed E-state index contributed by atoms with van der Waals surface area (Å²) in [7, 11) is 1.51. The summed E-state index contributed by atoms with van der Waals surface area (Å²) in [5, 5.41) is 22.6. The van der Waals surface area contributed by atoms with Gasteiger partial charge in [0.05, 0.1) is 6.54 Å². The second-order valence-electron chi connectivity index (χ2n) is 7.01. The maximum absolute atomic E-state index is 12.4. The third-order valence-corrected chi connectivity index (χ3v) is 4.77. The van der Waals surface area contributed by atoms with Crippen molar-refractivity contribution in [1.29, 1.82) is 0 Å². The maximum atomic E-state index is 12.4. The number of anilines is 1. The van der Waals surface area contributed by atoms with E-state index in [1.807, 2.05) is 31.2 Å². The molecule has 10 nitrogen and oxygen atoms in total. The van der Waals surface area contributed by atoms with Gasteiger partial charge in [0.1, 0.15) is 18.5 Å². The van der Waals surface area contributed by atoms with Gasteiger partial charge in [-0.1, -0.05) is 19.1 Å². The normalized spacial score (nSPS) is 12.3. The van der Waals surface area contributed by atoms with Gasteiger partial charge in [0, 0.05) is 20.2 Å². The molecule has 2 heterocycles. The highest BCUT2D eigenvalue weighted by molar-refractivity contribution is 5.74. The average molecular weight is 417 g/mol. The van der Waals surface area contributed by atoms with Crippen LogP contribution in [0.15, 0.2) is 33.9 Å². The van der Waals surface area contributed by atoms with E-state index in [0.29, 0.717) is 24.7 Å². The van der Waals surface area contributed by atoms with Crippen molar-refractivity contribution in [3.63, 3.8) is 0 Å². The monoisotopic (exact) mass is 417 g/mol. The number of aliphatic hydroxyl groups excluding tert-OH is 2. The number of benzene rings is 1. The Labute approximate surface area is 172 Å². The number of aryl methyl sites for hydroxylation is 2. The van der Waals surface area contributed by atoms with Crippen LogP contribution in [0.1, 0.15) is 18.9 Å². The Morgan fingerprint density at radius 2 is 2.13 bits per heavy atom. The first-order valence-corrected chi connectivity index (χ1v) is 9.88. The molecule has 30 heavy (non-hydrogen) atoms. The van der Waals surface area contributed by atoms with Gasteiger partial charge in [-0.15, -0.1) is 0 Å². The van der Waals surface area contributed by atoms with Crippen molar-refractivity contribution in [2.45, 2.75) is 32.4 Å².